The second kappa shape index (κ2) is 5.51. The van der Waals surface area contributed by atoms with Crippen LogP contribution in [-0.2, 0) is 0 Å². The summed E-state index contributed by atoms with van der Waals surface area (Å²) in [6.45, 7) is 1.88. The molecule has 2 N–H and O–H groups in total. The van der Waals surface area contributed by atoms with Crippen molar-refractivity contribution < 1.29 is 9.90 Å². The van der Waals surface area contributed by atoms with E-state index >= 15 is 0 Å². The largest absolute Gasteiger partial charge is 0.478 e. The third kappa shape index (κ3) is 3.00. The standard InChI is InChI=1S/C14H11Cl2NO2/c1-8-6-10(15)13(11(16)7-8)17-12-5-3-2-4-9(12)14(18)19/h2-7,17H,1H3,(H,18,19). The lowest BCUT2D eigenvalue weighted by Crippen LogP contribution is -2.03. The predicted molar refractivity (Wildman–Crippen MR) is 77.9 cm³/mol. The van der Waals surface area contributed by atoms with E-state index in [0.29, 0.717) is 21.4 Å². The highest BCUT2D eigenvalue weighted by Gasteiger charge is 2.12. The molecule has 19 heavy (non-hydrogen) atoms. The normalized spacial score (nSPS) is 10.3. The van der Waals surface area contributed by atoms with Crippen molar-refractivity contribution in [2.45, 2.75) is 6.92 Å². The van der Waals surface area contributed by atoms with Gasteiger partial charge < -0.3 is 10.4 Å². The zero-order valence-electron chi connectivity index (χ0n) is 10.1. The van der Waals surface area contributed by atoms with E-state index < -0.39 is 5.97 Å². The molecule has 5 heteroatoms. The molecular weight excluding hydrogens is 285 g/mol. The highest BCUT2D eigenvalue weighted by Crippen LogP contribution is 2.34. The van der Waals surface area contributed by atoms with Crippen LogP contribution < -0.4 is 5.32 Å². The minimum Gasteiger partial charge on any atom is -0.478 e. The van der Waals surface area contributed by atoms with Gasteiger partial charge in [-0.1, -0.05) is 35.3 Å². The summed E-state index contributed by atoms with van der Waals surface area (Å²) >= 11 is 12.2. The topological polar surface area (TPSA) is 49.3 Å². The van der Waals surface area contributed by atoms with Gasteiger partial charge in [0.05, 0.1) is 27.0 Å². The molecular formula is C14H11Cl2NO2. The zero-order valence-corrected chi connectivity index (χ0v) is 11.6. The van der Waals surface area contributed by atoms with Gasteiger partial charge in [-0.05, 0) is 36.8 Å². The molecule has 0 unspecified atom stereocenters. The van der Waals surface area contributed by atoms with E-state index in [-0.39, 0.29) is 5.56 Å². The fraction of sp³-hybridized carbons (Fsp3) is 0.0714. The summed E-state index contributed by atoms with van der Waals surface area (Å²) in [4.78, 5) is 11.1. The Bertz CT molecular complexity index is 618. The zero-order chi connectivity index (χ0) is 14.0. The van der Waals surface area contributed by atoms with Gasteiger partial charge in [-0.15, -0.1) is 0 Å². The van der Waals surface area contributed by atoms with Gasteiger partial charge in [0, 0.05) is 0 Å². The molecule has 2 aromatic rings. The van der Waals surface area contributed by atoms with Crippen LogP contribution in [0.25, 0.3) is 0 Å². The van der Waals surface area contributed by atoms with Crippen molar-refractivity contribution in [3.63, 3.8) is 0 Å². The third-order valence-corrected chi connectivity index (χ3v) is 3.20. The Balaban J connectivity index is 2.45. The summed E-state index contributed by atoms with van der Waals surface area (Å²) in [5.41, 5.74) is 2.05. The first-order valence-electron chi connectivity index (χ1n) is 5.54. The van der Waals surface area contributed by atoms with E-state index in [1.54, 1.807) is 30.3 Å². The lowest BCUT2D eigenvalue weighted by Gasteiger charge is -2.13. The summed E-state index contributed by atoms with van der Waals surface area (Å²) in [7, 11) is 0. The van der Waals surface area contributed by atoms with E-state index in [1.807, 2.05) is 6.92 Å². The SMILES string of the molecule is Cc1cc(Cl)c(Nc2ccccc2C(=O)O)c(Cl)c1. The minimum atomic E-state index is -1.01. The number of halogens is 2. The lowest BCUT2D eigenvalue weighted by atomic mass is 10.1. The monoisotopic (exact) mass is 295 g/mol. The second-order valence-corrected chi connectivity index (χ2v) is 4.89. The van der Waals surface area contributed by atoms with Crippen LogP contribution in [0.5, 0.6) is 0 Å². The number of carboxylic acids is 1. The van der Waals surface area contributed by atoms with Crippen molar-refractivity contribution in [2.75, 3.05) is 5.32 Å². The van der Waals surface area contributed by atoms with Gasteiger partial charge in [-0.2, -0.15) is 0 Å². The van der Waals surface area contributed by atoms with Crippen LogP contribution in [0, 0.1) is 6.92 Å². The average molecular weight is 296 g/mol. The number of anilines is 2. The summed E-state index contributed by atoms with van der Waals surface area (Å²) in [5.74, 6) is -1.01. The van der Waals surface area contributed by atoms with Crippen LogP contribution in [0.15, 0.2) is 36.4 Å². The van der Waals surface area contributed by atoms with E-state index in [4.69, 9.17) is 28.3 Å². The van der Waals surface area contributed by atoms with E-state index in [2.05, 4.69) is 5.32 Å². The molecule has 2 rings (SSSR count). The van der Waals surface area contributed by atoms with Crippen LogP contribution in [-0.4, -0.2) is 11.1 Å². The van der Waals surface area contributed by atoms with Crippen molar-refractivity contribution in [1.29, 1.82) is 0 Å². The quantitative estimate of drug-likeness (QED) is 0.859. The average Bonchev–Trinajstić information content (AvgIpc) is 2.34. The minimum absolute atomic E-state index is 0.162. The third-order valence-electron chi connectivity index (χ3n) is 2.60. The highest BCUT2D eigenvalue weighted by molar-refractivity contribution is 6.39. The highest BCUT2D eigenvalue weighted by atomic mass is 35.5. The first-order chi connectivity index (χ1) is 8.99. The molecule has 98 valence electrons. The van der Waals surface area contributed by atoms with Crippen LogP contribution in [0.1, 0.15) is 15.9 Å². The van der Waals surface area contributed by atoms with Gasteiger partial charge in [-0.3, -0.25) is 0 Å². The van der Waals surface area contributed by atoms with Gasteiger partial charge in [0.25, 0.3) is 0 Å². The summed E-state index contributed by atoms with van der Waals surface area (Å²) in [5, 5.41) is 13.0. The molecule has 0 aliphatic heterocycles. The number of hydrogen-bond donors (Lipinski definition) is 2. The second-order valence-electron chi connectivity index (χ2n) is 4.08. The fourth-order valence-corrected chi connectivity index (χ4v) is 2.42. The van der Waals surface area contributed by atoms with Crippen molar-refractivity contribution in [1.82, 2.24) is 0 Å². The Kier molecular flexibility index (Phi) is 3.98. The van der Waals surface area contributed by atoms with E-state index in [1.165, 1.54) is 6.07 Å². The van der Waals surface area contributed by atoms with Gasteiger partial charge in [0.15, 0.2) is 0 Å². The van der Waals surface area contributed by atoms with Crippen LogP contribution in [0.4, 0.5) is 11.4 Å². The van der Waals surface area contributed by atoms with Gasteiger partial charge in [0.1, 0.15) is 0 Å². The Hall–Kier alpha value is -1.71. The number of rotatable bonds is 3. The first-order valence-corrected chi connectivity index (χ1v) is 6.29. The van der Waals surface area contributed by atoms with E-state index in [9.17, 15) is 4.79 Å². The van der Waals surface area contributed by atoms with Crippen LogP contribution in [0.3, 0.4) is 0 Å². The maximum absolute atomic E-state index is 11.1. The van der Waals surface area contributed by atoms with E-state index in [0.717, 1.165) is 5.56 Å². The van der Waals surface area contributed by atoms with Crippen molar-refractivity contribution in [3.05, 3.63) is 57.6 Å². The number of nitrogens with one attached hydrogen (secondary N) is 1. The lowest BCUT2D eigenvalue weighted by molar-refractivity contribution is 0.0698. The number of carbonyl (C=O) groups is 1. The summed E-state index contributed by atoms with van der Waals surface area (Å²) in [6.07, 6.45) is 0. The van der Waals surface area contributed by atoms with Crippen molar-refractivity contribution in [2.24, 2.45) is 0 Å². The molecule has 0 saturated carbocycles. The molecule has 0 aliphatic rings. The molecule has 0 radical (unpaired) electrons. The molecule has 0 bridgehead atoms. The maximum Gasteiger partial charge on any atom is 0.337 e. The molecule has 0 amide bonds. The summed E-state index contributed by atoms with van der Waals surface area (Å²) < 4.78 is 0. The first kappa shape index (κ1) is 13.7. The molecule has 0 atom stereocenters. The fourth-order valence-electron chi connectivity index (χ4n) is 1.73. The number of benzene rings is 2. The Labute approximate surface area is 120 Å². The van der Waals surface area contributed by atoms with Crippen molar-refractivity contribution >= 4 is 40.5 Å². The van der Waals surface area contributed by atoms with Crippen molar-refractivity contribution in [3.8, 4) is 0 Å². The van der Waals surface area contributed by atoms with Crippen LogP contribution >= 0.6 is 23.2 Å². The Morgan fingerprint density at radius 3 is 2.32 bits per heavy atom. The predicted octanol–water partition coefficient (Wildman–Crippen LogP) is 4.74. The Morgan fingerprint density at radius 2 is 1.74 bits per heavy atom. The number of hydrogen-bond acceptors (Lipinski definition) is 2. The smallest absolute Gasteiger partial charge is 0.337 e. The number of para-hydroxylation sites is 1. The number of aryl methyl sites for hydroxylation is 1. The molecule has 0 aromatic heterocycles. The maximum atomic E-state index is 11.1. The molecule has 3 nitrogen and oxygen atoms in total. The summed E-state index contributed by atoms with van der Waals surface area (Å²) in [6, 6.07) is 10.1. The van der Waals surface area contributed by atoms with Crippen LogP contribution in [0.2, 0.25) is 10.0 Å². The van der Waals surface area contributed by atoms with Gasteiger partial charge in [-0.25, -0.2) is 4.79 Å². The molecule has 2 aromatic carbocycles. The number of carboxylic acid groups (broad SMARTS) is 1. The van der Waals surface area contributed by atoms with Gasteiger partial charge in [0.2, 0.25) is 0 Å². The number of aromatic carboxylic acids is 1. The molecule has 0 heterocycles. The molecule has 0 saturated heterocycles. The Morgan fingerprint density at radius 1 is 1.16 bits per heavy atom. The molecule has 0 fully saturated rings. The molecule has 0 spiro atoms. The van der Waals surface area contributed by atoms with Gasteiger partial charge >= 0.3 is 5.97 Å². The molecule has 0 aliphatic carbocycles.